The van der Waals surface area contributed by atoms with Gasteiger partial charge in [-0.05, 0) is 12.3 Å². The molecule has 2 aliphatic carbocycles. The molecule has 0 aromatic rings. The first-order valence-corrected chi connectivity index (χ1v) is 10.8. The van der Waals surface area contributed by atoms with Crippen molar-refractivity contribution in [1.82, 2.24) is 4.90 Å². The number of carbonyl (C=O) groups is 4. The molecule has 1 heterocycles. The first-order valence-electron chi connectivity index (χ1n) is 9.42. The zero-order valence-electron chi connectivity index (χ0n) is 17.7. The number of amides is 2. The van der Waals surface area contributed by atoms with Crippen molar-refractivity contribution in [2.75, 3.05) is 0 Å². The number of hydrogen-bond donors (Lipinski definition) is 0. The third-order valence-electron chi connectivity index (χ3n) is 5.95. The quantitative estimate of drug-likeness (QED) is 0.223. The van der Waals surface area contributed by atoms with Crippen LogP contribution >= 0.6 is 0 Å². The smallest absolute Gasteiger partial charge is 0.302 e. The number of likely N-dealkylation sites (tertiary alicyclic amines) is 1. The molecule has 176 valence electrons. The fraction of sp³-hybridized carbons (Fsp3) is 0.722. The average Bonchev–Trinajstić information content (AvgIpc) is 3.20. The fourth-order valence-electron chi connectivity index (χ4n) is 4.84. The van der Waals surface area contributed by atoms with Crippen LogP contribution in [0.1, 0.15) is 34.1 Å². The van der Waals surface area contributed by atoms with Gasteiger partial charge in [0.25, 0.3) is 11.2 Å². The zero-order valence-corrected chi connectivity index (χ0v) is 25.0. The Morgan fingerprint density at radius 2 is 1.75 bits per heavy atom. The molecule has 3 rings (SSSR count). The molecule has 3 aliphatic rings. The average molecular weight is 732 g/mol. The predicted octanol–water partition coefficient (Wildman–Crippen LogP) is 0.427. The summed E-state index contributed by atoms with van der Waals surface area (Å²) in [5.74, 6) is -7.13. The van der Waals surface area contributed by atoms with Gasteiger partial charge in [-0.15, -0.1) is 0 Å². The van der Waals surface area contributed by atoms with E-state index in [4.69, 9.17) is 4.74 Å². The molecule has 0 spiro atoms. The first kappa shape index (κ1) is 25.1. The molecular weight excluding hydrogens is 711 g/mol. The second kappa shape index (κ2) is 7.47. The molecular formula is C18H21F2NO9RfS-2. The van der Waals surface area contributed by atoms with Gasteiger partial charge < -0.3 is 14.0 Å². The molecule has 32 heavy (non-hydrogen) atoms. The summed E-state index contributed by atoms with van der Waals surface area (Å²) in [6.45, 7) is 5.18. The Bertz CT molecular complexity index is 949. The van der Waals surface area contributed by atoms with Crippen LogP contribution < -0.4 is 0 Å². The Hall–Kier alpha value is -3.15. The molecule has 0 aromatic heterocycles. The van der Waals surface area contributed by atoms with E-state index in [1.54, 1.807) is 20.8 Å². The van der Waals surface area contributed by atoms with E-state index >= 15 is 0 Å². The fourth-order valence-corrected chi connectivity index (χ4v) is 5.01. The van der Waals surface area contributed by atoms with Gasteiger partial charge in [-0.2, -0.15) is 0 Å². The molecule has 2 amide bonds. The van der Waals surface area contributed by atoms with Crippen molar-refractivity contribution in [2.45, 2.75) is 51.5 Å². The van der Waals surface area contributed by atoms with E-state index in [1.807, 2.05) is 0 Å². The number of nitrogens with zero attached hydrogens (tertiary/aromatic N) is 1. The number of hydrogen-bond acceptors (Lipinski definition) is 9. The molecule has 1 saturated heterocycles. The topological polar surface area (TPSA) is 147 Å². The Kier molecular flexibility index (Phi) is 5.86. The summed E-state index contributed by atoms with van der Waals surface area (Å²) < 4.78 is 68.1. The molecule has 0 radical (unpaired) electrons. The van der Waals surface area contributed by atoms with Crippen molar-refractivity contribution >= 4 is 33.9 Å². The minimum Gasteiger partial charge on any atom is -0.746 e. The summed E-state index contributed by atoms with van der Waals surface area (Å²) in [6.07, 6.45) is -0.846. The van der Waals surface area contributed by atoms with E-state index < -0.39 is 87.0 Å². The molecule has 2 saturated carbocycles. The Labute approximate surface area is 177 Å². The third-order valence-corrected chi connectivity index (χ3v) is 6.71. The van der Waals surface area contributed by atoms with Crippen molar-refractivity contribution in [3.63, 3.8) is 0 Å². The van der Waals surface area contributed by atoms with Gasteiger partial charge in [-0.25, -0.2) is 17.2 Å². The number of imide groups is 1. The number of carbonyl (C=O) groups excluding carboxylic acids is 4. The largest absolute Gasteiger partial charge is 0.746 e. The number of rotatable bonds is 5. The van der Waals surface area contributed by atoms with Gasteiger partial charge in [-0.3, -0.25) is 24.1 Å². The molecule has 0 N–H and O–H groups in total. The minimum atomic E-state index is -6.12. The van der Waals surface area contributed by atoms with Crippen LogP contribution in [0.4, 0.5) is 8.78 Å². The summed E-state index contributed by atoms with van der Waals surface area (Å²) in [7, 11) is -6.12. The maximum absolute atomic E-state index is 13.4. The molecule has 2 bridgehead atoms. The van der Waals surface area contributed by atoms with Crippen LogP contribution in [0.3, 0.4) is 0 Å². The number of esters is 2. The van der Waals surface area contributed by atoms with Crippen LogP contribution in [0.2, 0.25) is 0 Å². The Balaban J connectivity index is 0.00000363. The van der Waals surface area contributed by atoms with Crippen LogP contribution in [0, 0.1) is 35.7 Å². The van der Waals surface area contributed by atoms with Gasteiger partial charge in [0.05, 0.1) is 17.9 Å². The van der Waals surface area contributed by atoms with Gasteiger partial charge >= 0.3 is 5.97 Å². The maximum atomic E-state index is 13.4. The van der Waals surface area contributed by atoms with E-state index in [0.29, 0.717) is 0 Å². The monoisotopic (exact) mass is 732 g/mol. The van der Waals surface area contributed by atoms with E-state index in [-0.39, 0.29) is 6.42 Å². The van der Waals surface area contributed by atoms with E-state index in [0.717, 1.165) is 11.8 Å². The van der Waals surface area contributed by atoms with Crippen molar-refractivity contribution in [1.29, 1.82) is 0 Å². The summed E-state index contributed by atoms with van der Waals surface area (Å²) >= 11 is 0. The summed E-state index contributed by atoms with van der Waals surface area (Å²) in [6, 6.07) is -0.797. The SMILES string of the molecule is CC(=O)OC1C2CC3C(C(=O)N(C(=O)C(C)(C)C)C31)C2C(=O)O[CH-]C(F)(F)S(=O)(=O)[O-].[Rf]. The van der Waals surface area contributed by atoms with Crippen molar-refractivity contribution in [3.8, 4) is 0 Å². The van der Waals surface area contributed by atoms with Gasteiger partial charge in [0.1, 0.15) is 16.2 Å². The van der Waals surface area contributed by atoms with E-state index in [9.17, 15) is 40.9 Å². The zero-order chi connectivity index (χ0) is 23.7. The minimum absolute atomic E-state index is 0. The number of ether oxygens (including phenoxy) is 2. The summed E-state index contributed by atoms with van der Waals surface area (Å²) in [5, 5.41) is -4.97. The Morgan fingerprint density at radius 3 is 2.22 bits per heavy atom. The second-order valence-corrected chi connectivity index (χ2v) is 10.5. The van der Waals surface area contributed by atoms with Crippen LogP contribution in [-0.2, 0) is 38.8 Å². The first-order chi connectivity index (χ1) is 14.0. The standard InChI is InChI=1S/C18H22F2NO9S.Rf/c1-7(22)30-13-9-5-8-10(14(23)21(12(8)13)16(25)17(2,3)4)11(9)15(24)29-6-18(19,20)31(26,27)28;/h6,8-13H,5H2,1-4H3,(H,26,27,28);/q-1;/p-1. The van der Waals surface area contributed by atoms with Crippen molar-refractivity contribution in [3.05, 3.63) is 6.61 Å². The van der Waals surface area contributed by atoms with Gasteiger partial charge in [0.2, 0.25) is 11.8 Å². The number of alkyl halides is 2. The molecule has 6 unspecified atom stereocenters. The van der Waals surface area contributed by atoms with Crippen LogP contribution in [0.25, 0.3) is 0 Å². The van der Waals surface area contributed by atoms with E-state index in [1.165, 1.54) is 0 Å². The molecule has 14 heteroatoms. The van der Waals surface area contributed by atoms with E-state index in [2.05, 4.69) is 4.74 Å². The normalized spacial score (nSPS) is 31.3. The van der Waals surface area contributed by atoms with Crippen LogP contribution in [-0.4, -0.2) is 59.0 Å². The van der Waals surface area contributed by atoms with Crippen molar-refractivity contribution in [2.24, 2.45) is 29.1 Å². The molecule has 3 fully saturated rings. The van der Waals surface area contributed by atoms with Crippen LogP contribution in [0.15, 0.2) is 0 Å². The summed E-state index contributed by atoms with van der Waals surface area (Å²) in [4.78, 5) is 51.1. The van der Waals surface area contributed by atoms with Crippen molar-refractivity contribution < 1.29 is 50.4 Å². The van der Waals surface area contributed by atoms with Gasteiger partial charge in [0, 0.05) is 18.3 Å². The molecule has 6 atom stereocenters. The van der Waals surface area contributed by atoms with Crippen LogP contribution in [0.5, 0.6) is 0 Å². The molecule has 0 aromatic carbocycles. The van der Waals surface area contributed by atoms with Gasteiger partial charge in [-0.1, -0.05) is 27.4 Å². The predicted molar refractivity (Wildman–Crippen MR) is 94.3 cm³/mol. The molecule has 10 nitrogen and oxygen atoms in total. The number of halogens is 2. The van der Waals surface area contributed by atoms with Gasteiger partial charge in [0.15, 0.2) is 0 Å². The second-order valence-electron chi connectivity index (χ2n) is 9.01. The third kappa shape index (κ3) is 3.68. The maximum Gasteiger partial charge on any atom is 0.302 e. The number of fused-ring (bicyclic) bond motifs is 1. The summed E-state index contributed by atoms with van der Waals surface area (Å²) in [5.41, 5.74) is -0.966. The Morgan fingerprint density at radius 1 is 1.19 bits per heavy atom. The molecule has 1 aliphatic heterocycles.